The lowest BCUT2D eigenvalue weighted by atomic mass is 10.3. The number of phosphoric ester groups is 1. The Kier molecular flexibility index (Phi) is 8.42. The van der Waals surface area contributed by atoms with Crippen molar-refractivity contribution < 1.29 is 32.5 Å². The van der Waals surface area contributed by atoms with Gasteiger partial charge in [0.05, 0.1) is 34.4 Å². The molecule has 0 fully saturated rings. The van der Waals surface area contributed by atoms with Gasteiger partial charge in [0.15, 0.2) is 5.78 Å². The van der Waals surface area contributed by atoms with Gasteiger partial charge in [0.1, 0.15) is 19.3 Å². The molecule has 8 heteroatoms. The fraction of sp³-hybridized carbons (Fsp3) is 0.750. The first-order valence-electron chi connectivity index (χ1n) is 6.28. The predicted molar refractivity (Wildman–Crippen MR) is 75.2 cm³/mol. The molecule has 0 rings (SSSR count). The third-order valence-electron chi connectivity index (χ3n) is 2.24. The standard InChI is InChI=1S/C12H25NO6P/c1-6-12(15)11(2)19-20(16,18-10-8-14)17-9-7-13(3,4)5/h6,11,14H,1,7-10H2,2-5H3/q+1. The largest absolute Gasteiger partial charge is 0.475 e. The lowest BCUT2D eigenvalue weighted by Gasteiger charge is -2.25. The zero-order valence-corrected chi connectivity index (χ0v) is 13.5. The lowest BCUT2D eigenvalue weighted by Crippen LogP contribution is -2.37. The molecular formula is C12H25NO6P+. The summed E-state index contributed by atoms with van der Waals surface area (Å²) in [5, 5.41) is 8.73. The summed E-state index contributed by atoms with van der Waals surface area (Å²) in [6.45, 7) is 4.96. The zero-order valence-electron chi connectivity index (χ0n) is 12.6. The molecule has 0 radical (unpaired) electrons. The number of phosphoric acid groups is 1. The van der Waals surface area contributed by atoms with Crippen molar-refractivity contribution >= 4 is 13.6 Å². The second-order valence-corrected chi connectivity index (χ2v) is 6.83. The van der Waals surface area contributed by atoms with Crippen LogP contribution in [0.2, 0.25) is 0 Å². The number of nitrogens with zero attached hydrogens (tertiary/aromatic N) is 1. The van der Waals surface area contributed by atoms with Gasteiger partial charge < -0.3 is 9.59 Å². The Bertz CT molecular complexity index is 365. The number of quaternary nitrogens is 1. The van der Waals surface area contributed by atoms with Gasteiger partial charge in [-0.15, -0.1) is 0 Å². The molecular weight excluding hydrogens is 285 g/mol. The van der Waals surface area contributed by atoms with E-state index in [4.69, 9.17) is 18.7 Å². The number of likely N-dealkylation sites (N-methyl/N-ethyl adjacent to an activating group) is 1. The molecule has 0 saturated carbocycles. The molecule has 0 spiro atoms. The van der Waals surface area contributed by atoms with Crippen LogP contribution in [0, 0.1) is 0 Å². The molecule has 0 bridgehead atoms. The van der Waals surface area contributed by atoms with Gasteiger partial charge in [-0.25, -0.2) is 4.57 Å². The Balaban J connectivity index is 4.61. The average Bonchev–Trinajstić information content (AvgIpc) is 2.33. The molecule has 0 amide bonds. The first-order chi connectivity index (χ1) is 9.13. The summed E-state index contributed by atoms with van der Waals surface area (Å²) < 4.78 is 28.1. The number of hydrogen-bond donors (Lipinski definition) is 1. The molecule has 1 N–H and O–H groups in total. The summed E-state index contributed by atoms with van der Waals surface area (Å²) in [4.78, 5) is 11.4. The predicted octanol–water partition coefficient (Wildman–Crippen LogP) is 0.986. The van der Waals surface area contributed by atoms with Crippen molar-refractivity contribution in [1.82, 2.24) is 0 Å². The maximum atomic E-state index is 12.3. The summed E-state index contributed by atoms with van der Waals surface area (Å²) in [6.07, 6.45) is 0.0914. The highest BCUT2D eigenvalue weighted by Gasteiger charge is 2.31. The SMILES string of the molecule is C=CC(=O)C(C)OP(=O)(OCCO)OCC[N+](C)(C)C. The molecule has 7 nitrogen and oxygen atoms in total. The van der Waals surface area contributed by atoms with E-state index in [2.05, 4.69) is 6.58 Å². The van der Waals surface area contributed by atoms with Crippen molar-refractivity contribution in [2.75, 3.05) is 47.5 Å². The van der Waals surface area contributed by atoms with Crippen molar-refractivity contribution in [3.63, 3.8) is 0 Å². The molecule has 0 aliphatic heterocycles. The highest BCUT2D eigenvalue weighted by Crippen LogP contribution is 2.50. The Labute approximate surface area is 120 Å². The molecule has 0 aromatic rings. The Morgan fingerprint density at radius 1 is 1.35 bits per heavy atom. The number of carbonyl (C=O) groups excluding carboxylic acids is 1. The van der Waals surface area contributed by atoms with Crippen LogP contribution in [0.5, 0.6) is 0 Å². The fourth-order valence-corrected chi connectivity index (χ4v) is 2.39. The Morgan fingerprint density at radius 3 is 2.35 bits per heavy atom. The van der Waals surface area contributed by atoms with Crippen LogP contribution in [-0.4, -0.2) is 69.0 Å². The van der Waals surface area contributed by atoms with Gasteiger partial charge in [-0.2, -0.15) is 0 Å². The van der Waals surface area contributed by atoms with Crippen LogP contribution in [0.1, 0.15) is 6.92 Å². The van der Waals surface area contributed by atoms with Gasteiger partial charge in [-0.3, -0.25) is 18.4 Å². The second-order valence-electron chi connectivity index (χ2n) is 5.21. The average molecular weight is 310 g/mol. The third kappa shape index (κ3) is 8.58. The zero-order chi connectivity index (χ0) is 15.8. The molecule has 2 unspecified atom stereocenters. The highest BCUT2D eigenvalue weighted by atomic mass is 31.2. The number of hydrogen-bond acceptors (Lipinski definition) is 6. The van der Waals surface area contributed by atoms with E-state index in [1.54, 1.807) is 0 Å². The van der Waals surface area contributed by atoms with E-state index >= 15 is 0 Å². The minimum atomic E-state index is -3.88. The quantitative estimate of drug-likeness (QED) is 0.348. The molecule has 0 aromatic heterocycles. The van der Waals surface area contributed by atoms with Crippen LogP contribution in [-0.2, 0) is 22.9 Å². The van der Waals surface area contributed by atoms with Crippen LogP contribution < -0.4 is 0 Å². The van der Waals surface area contributed by atoms with Gasteiger partial charge >= 0.3 is 7.82 Å². The van der Waals surface area contributed by atoms with Crippen molar-refractivity contribution in [1.29, 1.82) is 0 Å². The monoisotopic (exact) mass is 310 g/mol. The van der Waals surface area contributed by atoms with Crippen LogP contribution >= 0.6 is 7.82 Å². The van der Waals surface area contributed by atoms with Crippen LogP contribution in [0.25, 0.3) is 0 Å². The Morgan fingerprint density at radius 2 is 1.90 bits per heavy atom. The van der Waals surface area contributed by atoms with E-state index in [-0.39, 0.29) is 19.8 Å². The van der Waals surface area contributed by atoms with E-state index in [0.29, 0.717) is 11.0 Å². The van der Waals surface area contributed by atoms with E-state index in [1.165, 1.54) is 6.92 Å². The molecule has 0 aliphatic rings. The molecule has 0 saturated heterocycles. The van der Waals surface area contributed by atoms with Gasteiger partial charge in [0.2, 0.25) is 0 Å². The minimum absolute atomic E-state index is 0.140. The van der Waals surface area contributed by atoms with E-state index in [9.17, 15) is 9.36 Å². The van der Waals surface area contributed by atoms with E-state index < -0.39 is 19.7 Å². The van der Waals surface area contributed by atoms with Gasteiger partial charge in [-0.1, -0.05) is 6.58 Å². The van der Waals surface area contributed by atoms with Gasteiger partial charge in [-0.05, 0) is 13.0 Å². The smallest absolute Gasteiger partial charge is 0.394 e. The minimum Gasteiger partial charge on any atom is -0.394 e. The van der Waals surface area contributed by atoms with Crippen molar-refractivity contribution in [3.05, 3.63) is 12.7 Å². The van der Waals surface area contributed by atoms with Gasteiger partial charge in [0, 0.05) is 0 Å². The first kappa shape index (κ1) is 19.4. The number of aliphatic hydroxyl groups is 1. The molecule has 20 heavy (non-hydrogen) atoms. The summed E-state index contributed by atoms with van der Waals surface area (Å²) >= 11 is 0. The molecule has 118 valence electrons. The highest BCUT2D eigenvalue weighted by molar-refractivity contribution is 7.48. The van der Waals surface area contributed by atoms with Crippen molar-refractivity contribution in [3.8, 4) is 0 Å². The summed E-state index contributed by atoms with van der Waals surface area (Å²) in [5.74, 6) is -0.423. The topological polar surface area (TPSA) is 82.1 Å². The molecule has 0 aliphatic carbocycles. The number of carbonyl (C=O) groups is 1. The van der Waals surface area contributed by atoms with Crippen LogP contribution in [0.3, 0.4) is 0 Å². The van der Waals surface area contributed by atoms with Crippen molar-refractivity contribution in [2.24, 2.45) is 0 Å². The first-order valence-corrected chi connectivity index (χ1v) is 7.75. The number of ketones is 1. The number of rotatable bonds is 11. The van der Waals surface area contributed by atoms with Crippen LogP contribution in [0.4, 0.5) is 0 Å². The summed E-state index contributed by atoms with van der Waals surface area (Å²) in [6, 6.07) is 0. The Hall–Kier alpha value is -0.560. The third-order valence-corrected chi connectivity index (χ3v) is 3.81. The summed E-state index contributed by atoms with van der Waals surface area (Å²) in [7, 11) is 1.97. The van der Waals surface area contributed by atoms with E-state index in [0.717, 1.165) is 6.08 Å². The number of aliphatic hydroxyl groups excluding tert-OH is 1. The molecule has 0 aromatic carbocycles. The maximum absolute atomic E-state index is 12.3. The molecule has 0 heterocycles. The van der Waals surface area contributed by atoms with Crippen LogP contribution in [0.15, 0.2) is 12.7 Å². The van der Waals surface area contributed by atoms with Crippen molar-refractivity contribution in [2.45, 2.75) is 13.0 Å². The van der Waals surface area contributed by atoms with E-state index in [1.807, 2.05) is 21.1 Å². The lowest BCUT2D eigenvalue weighted by molar-refractivity contribution is -0.870. The van der Waals surface area contributed by atoms with Gasteiger partial charge in [0.25, 0.3) is 0 Å². The normalized spacial score (nSPS) is 16.4. The maximum Gasteiger partial charge on any atom is 0.475 e. The summed E-state index contributed by atoms with van der Waals surface area (Å²) in [5.41, 5.74) is 0. The second kappa shape index (κ2) is 8.67. The molecule has 2 atom stereocenters. The fourth-order valence-electron chi connectivity index (χ4n) is 1.09.